The van der Waals surface area contributed by atoms with Gasteiger partial charge in [-0.2, -0.15) is 4.98 Å². The molecule has 24 nitrogen and oxygen atoms in total. The lowest BCUT2D eigenvalue weighted by atomic mass is 10.1. The molecule has 3 aromatic rings. The smallest absolute Gasteiger partial charge is 0.455 e. The molecule has 5 unspecified atom stereocenters. The number of hydrogen-bond acceptors (Lipinski definition) is 21. The molecule has 0 bridgehead atoms. The predicted molar refractivity (Wildman–Crippen MR) is 191 cm³/mol. The summed E-state index contributed by atoms with van der Waals surface area (Å²) in [5.74, 6) is -0.958. The zero-order valence-electron chi connectivity index (χ0n) is 28.3. The Hall–Kier alpha value is -2.78. The van der Waals surface area contributed by atoms with Crippen molar-refractivity contribution in [1.29, 1.82) is 0 Å². The number of imidazole rings is 1. The van der Waals surface area contributed by atoms with Gasteiger partial charge in [-0.3, -0.25) is 27.5 Å². The number of aliphatic hydroxyl groups is 1. The number of esters is 1. The summed E-state index contributed by atoms with van der Waals surface area (Å²) in [6, 6.07) is 0.157. The number of nitrogen functional groups attached to an aromatic ring is 2. The molecule has 5 heterocycles. The topological polar surface area (TPSA) is 370 Å². The number of anilines is 2. The summed E-state index contributed by atoms with van der Waals surface area (Å²) in [7, 11) is -7.13. The first-order valence-corrected chi connectivity index (χ1v) is 21.6. The molecule has 0 aromatic carbocycles. The molecule has 2 saturated heterocycles. The Labute approximate surface area is 313 Å². The average molecular weight is 843 g/mol. The number of phosphoric ester groups is 2. The van der Waals surface area contributed by atoms with E-state index in [1.807, 2.05) is 6.26 Å². The van der Waals surface area contributed by atoms with Crippen molar-refractivity contribution in [3.05, 3.63) is 35.4 Å². The maximum Gasteiger partial charge on any atom is 0.472 e. The van der Waals surface area contributed by atoms with Gasteiger partial charge in [-0.25, -0.2) is 28.9 Å². The van der Waals surface area contributed by atoms with Crippen LogP contribution in [-0.4, -0.2) is 123 Å². The van der Waals surface area contributed by atoms with Crippen LogP contribution in [0.15, 0.2) is 29.7 Å². The van der Waals surface area contributed by atoms with Crippen LogP contribution in [0.2, 0.25) is 0 Å². The van der Waals surface area contributed by atoms with Gasteiger partial charge in [0, 0.05) is 24.4 Å². The SMILES string of the molecule is CSS[C@@H](CN)CC[C@@H](N)C(=O)OC1C(COP(=O)(O)O[C@H]2C[C@H](n3ccc(N)nc3=O)O[C@@H]2COP(=O)(O)O)OC(n2cnc3c(N)ncnc32)C1O. The summed E-state index contributed by atoms with van der Waals surface area (Å²) in [4.78, 5) is 70.7. The fourth-order valence-corrected chi connectivity index (χ4v) is 8.87. The molecule has 10 atom stereocenters. The van der Waals surface area contributed by atoms with Crippen LogP contribution in [0.25, 0.3) is 11.2 Å². The number of phosphoric acid groups is 2. The Morgan fingerprint density at radius 1 is 1.09 bits per heavy atom. The van der Waals surface area contributed by atoms with E-state index >= 15 is 0 Å². The number of aromatic nitrogens is 6. The number of ether oxygens (including phenoxy) is 3. The Bertz CT molecular complexity index is 1920. The van der Waals surface area contributed by atoms with Crippen LogP contribution >= 0.6 is 37.2 Å². The van der Waals surface area contributed by atoms with E-state index in [0.29, 0.717) is 13.0 Å². The molecule has 3 aromatic heterocycles. The van der Waals surface area contributed by atoms with Crippen LogP contribution in [0.1, 0.15) is 31.7 Å². The molecule has 2 aliphatic heterocycles. The van der Waals surface area contributed by atoms with Crippen molar-refractivity contribution < 1.29 is 61.5 Å². The summed E-state index contributed by atoms with van der Waals surface area (Å²) >= 11 is 0. The second-order valence-corrected chi connectivity index (χ2v) is 17.4. The van der Waals surface area contributed by atoms with Gasteiger partial charge in [0.2, 0.25) is 0 Å². The maximum atomic E-state index is 13.4. The summed E-state index contributed by atoms with van der Waals surface area (Å²) in [5, 5.41) is 11.4. The number of carbonyl (C=O) groups excluding carboxylic acids is 1. The Morgan fingerprint density at radius 2 is 1.83 bits per heavy atom. The van der Waals surface area contributed by atoms with Gasteiger partial charge in [-0.1, -0.05) is 21.6 Å². The van der Waals surface area contributed by atoms with E-state index in [4.69, 9.17) is 46.2 Å². The molecular weight excluding hydrogens is 802 g/mol. The molecule has 5 rings (SSSR count). The van der Waals surface area contributed by atoms with Gasteiger partial charge in [-0.15, -0.1) is 0 Å². The Morgan fingerprint density at radius 3 is 2.52 bits per heavy atom. The van der Waals surface area contributed by atoms with Crippen molar-refractivity contribution in [3.63, 3.8) is 0 Å². The zero-order valence-corrected chi connectivity index (χ0v) is 31.7. The van der Waals surface area contributed by atoms with Crippen LogP contribution in [0, 0.1) is 0 Å². The van der Waals surface area contributed by atoms with Gasteiger partial charge >= 0.3 is 27.3 Å². The van der Waals surface area contributed by atoms with Gasteiger partial charge in [0.15, 0.2) is 23.8 Å². The van der Waals surface area contributed by atoms with Gasteiger partial charge in [-0.05, 0) is 25.2 Å². The molecule has 0 aliphatic carbocycles. The first-order valence-electron chi connectivity index (χ1n) is 16.0. The van der Waals surface area contributed by atoms with E-state index < -0.39 is 89.5 Å². The van der Waals surface area contributed by atoms with E-state index in [9.17, 15) is 38.5 Å². The fraction of sp³-hybridized carbons (Fsp3) is 0.615. The van der Waals surface area contributed by atoms with Gasteiger partial charge in [0.25, 0.3) is 0 Å². The molecule has 0 spiro atoms. The number of aliphatic hydroxyl groups excluding tert-OH is 1. The van der Waals surface area contributed by atoms with E-state index in [1.54, 1.807) is 0 Å². The molecule has 2 fully saturated rings. The summed E-state index contributed by atoms with van der Waals surface area (Å²) in [5.41, 5.74) is 22.9. The van der Waals surface area contributed by atoms with E-state index in [-0.39, 0.29) is 40.9 Å². The van der Waals surface area contributed by atoms with Crippen molar-refractivity contribution in [1.82, 2.24) is 29.1 Å². The third kappa shape index (κ3) is 10.5. The summed E-state index contributed by atoms with van der Waals surface area (Å²) in [6.07, 6.45) is -4.04. The lowest BCUT2D eigenvalue weighted by Crippen LogP contribution is -2.43. The first kappa shape index (κ1) is 42.4. The molecule has 300 valence electrons. The zero-order chi connectivity index (χ0) is 39.4. The standard InChI is InChI=1S/C26H40N10O14P2S2/c1-53-54-12(7-27)2-3-13(28)25(38)49-21-16(48-24(20(21)37)36-11-33-19-22(30)31-10-32-23(19)36)9-46-52(43,44)50-14-6-18(35-5-4-17(29)34-26(35)39)47-15(14)8-45-51(40,41)42/h4-5,10-16,18,20-21,24,37H,2-3,6-9,27-28H2,1H3,(H,43,44)(H2,29,34,39)(H2,30,31,32)(H2,40,41,42)/t12-,13-,14+,15-,16?,18-,20?,21?,24?/m1/s1. The molecule has 0 amide bonds. The average Bonchev–Trinajstić information content (AvgIpc) is 3.80. The second kappa shape index (κ2) is 18.0. The fourth-order valence-electron chi connectivity index (χ4n) is 5.65. The van der Waals surface area contributed by atoms with E-state index in [0.717, 1.165) is 10.9 Å². The predicted octanol–water partition coefficient (Wildman–Crippen LogP) is -1.24. The minimum absolute atomic E-state index is 0.0139. The number of carbonyl (C=O) groups is 1. The quantitative estimate of drug-likeness (QED) is 0.0422. The van der Waals surface area contributed by atoms with Gasteiger partial charge < -0.3 is 56.9 Å². The van der Waals surface area contributed by atoms with Crippen molar-refractivity contribution in [3.8, 4) is 0 Å². The van der Waals surface area contributed by atoms with Crippen molar-refractivity contribution in [2.75, 3.05) is 37.5 Å². The van der Waals surface area contributed by atoms with Crippen LogP contribution in [0.3, 0.4) is 0 Å². The number of rotatable bonds is 18. The van der Waals surface area contributed by atoms with E-state index in [1.165, 1.54) is 44.7 Å². The van der Waals surface area contributed by atoms with Gasteiger partial charge in [0.05, 0.1) is 19.5 Å². The Balaban J connectivity index is 1.33. The minimum atomic E-state index is -5.14. The highest BCUT2D eigenvalue weighted by atomic mass is 33.1. The first-order chi connectivity index (χ1) is 25.5. The van der Waals surface area contributed by atoms with Crippen molar-refractivity contribution in [2.45, 2.75) is 73.5 Å². The largest absolute Gasteiger partial charge is 0.472 e. The highest BCUT2D eigenvalue weighted by molar-refractivity contribution is 8.76. The number of nitrogens with two attached hydrogens (primary N) is 4. The van der Waals surface area contributed by atoms with Crippen LogP contribution < -0.4 is 28.6 Å². The monoisotopic (exact) mass is 842 g/mol. The summed E-state index contributed by atoms with van der Waals surface area (Å²) < 4.78 is 59.5. The summed E-state index contributed by atoms with van der Waals surface area (Å²) in [6.45, 7) is -1.29. The second-order valence-electron chi connectivity index (χ2n) is 11.9. The molecule has 12 N–H and O–H groups in total. The van der Waals surface area contributed by atoms with Crippen LogP contribution in [0.5, 0.6) is 0 Å². The van der Waals surface area contributed by atoms with Crippen molar-refractivity contribution >= 4 is 66.0 Å². The Kier molecular flexibility index (Phi) is 14.1. The van der Waals surface area contributed by atoms with E-state index in [2.05, 4.69) is 24.5 Å². The number of hydrogen-bond donors (Lipinski definition) is 8. The van der Waals surface area contributed by atoms with Gasteiger partial charge in [0.1, 0.15) is 54.3 Å². The highest BCUT2D eigenvalue weighted by Crippen LogP contribution is 2.50. The molecule has 54 heavy (non-hydrogen) atoms. The molecule has 0 radical (unpaired) electrons. The van der Waals surface area contributed by atoms with Crippen LogP contribution in [-0.2, 0) is 41.7 Å². The normalized spacial score (nSPS) is 26.8. The maximum absolute atomic E-state index is 13.4. The third-order valence-corrected chi connectivity index (χ3v) is 12.0. The molecular formula is C26H40N10O14P2S2. The number of nitrogens with zero attached hydrogens (tertiary/aromatic N) is 6. The molecule has 28 heteroatoms. The van der Waals surface area contributed by atoms with Crippen molar-refractivity contribution in [2.24, 2.45) is 11.5 Å². The lowest BCUT2D eigenvalue weighted by molar-refractivity contribution is -0.158. The number of fused-ring (bicyclic) bond motifs is 1. The highest BCUT2D eigenvalue weighted by Gasteiger charge is 2.50. The molecule has 2 aliphatic rings. The third-order valence-electron chi connectivity index (χ3n) is 8.24. The minimum Gasteiger partial charge on any atom is -0.455 e. The van der Waals surface area contributed by atoms with Crippen LogP contribution in [0.4, 0.5) is 11.6 Å². The molecule has 0 saturated carbocycles. The lowest BCUT2D eigenvalue weighted by Gasteiger charge is -2.24.